The number of allylic oxidation sites excluding steroid dienone is 1. The SMILES string of the molecule is CC(C)(C)c1ccc2c(c1)C=c1c-2cc(=C(c2ccccc2)c2ccccc2)c(C(C)(C)C)c1C1C=Cc2ccccc21. The minimum atomic E-state index is -0.0981. The molecular weight excluding hydrogens is 516 g/mol. The topological polar surface area (TPSA) is 0 Å². The van der Waals surface area contributed by atoms with Gasteiger partial charge in [-0.25, -0.2) is 0 Å². The summed E-state index contributed by atoms with van der Waals surface area (Å²) in [7, 11) is 0. The van der Waals surface area contributed by atoms with Crippen LogP contribution in [0.25, 0.3) is 28.9 Å². The fourth-order valence-corrected chi connectivity index (χ4v) is 7.16. The lowest BCUT2D eigenvalue weighted by molar-refractivity contribution is 0.576. The normalized spacial score (nSPS) is 15.1. The van der Waals surface area contributed by atoms with Crippen LogP contribution in [-0.2, 0) is 10.8 Å². The second kappa shape index (κ2) is 10.1. The molecule has 1 atom stereocenters. The summed E-state index contributed by atoms with van der Waals surface area (Å²) in [5.74, 6) is 0.194. The van der Waals surface area contributed by atoms with E-state index in [1.54, 1.807) is 0 Å². The summed E-state index contributed by atoms with van der Waals surface area (Å²) in [6.45, 7) is 14.1. The first kappa shape index (κ1) is 27.4. The Morgan fingerprint density at radius 2 is 1.21 bits per heavy atom. The summed E-state index contributed by atoms with van der Waals surface area (Å²) >= 11 is 0. The van der Waals surface area contributed by atoms with E-state index < -0.39 is 0 Å². The van der Waals surface area contributed by atoms with Crippen molar-refractivity contribution in [2.45, 2.75) is 58.3 Å². The quantitative estimate of drug-likeness (QED) is 0.204. The maximum absolute atomic E-state index is 2.51. The van der Waals surface area contributed by atoms with Crippen LogP contribution in [0.5, 0.6) is 0 Å². The van der Waals surface area contributed by atoms with Crippen molar-refractivity contribution >= 4 is 17.7 Å². The largest absolute Gasteiger partial charge is 0.0720 e. The van der Waals surface area contributed by atoms with Gasteiger partial charge in [0.05, 0.1) is 0 Å². The third-order valence-electron chi connectivity index (χ3n) is 9.17. The van der Waals surface area contributed by atoms with Crippen molar-refractivity contribution in [2.24, 2.45) is 0 Å². The van der Waals surface area contributed by atoms with Crippen molar-refractivity contribution in [3.63, 3.8) is 0 Å². The Labute approximate surface area is 256 Å². The predicted molar refractivity (Wildman–Crippen MR) is 184 cm³/mol. The first-order valence-electron chi connectivity index (χ1n) is 15.6. The first-order chi connectivity index (χ1) is 20.6. The van der Waals surface area contributed by atoms with Crippen LogP contribution in [0.1, 0.15) is 92.0 Å². The number of benzene rings is 5. The van der Waals surface area contributed by atoms with Gasteiger partial charge in [-0.2, -0.15) is 0 Å². The highest BCUT2D eigenvalue weighted by molar-refractivity contribution is 5.88. The predicted octanol–water partition coefficient (Wildman–Crippen LogP) is 9.50. The minimum Gasteiger partial charge on any atom is -0.0720 e. The maximum atomic E-state index is 2.51. The summed E-state index contributed by atoms with van der Waals surface area (Å²) < 4.78 is 0. The molecule has 0 aromatic heterocycles. The molecule has 0 nitrogen and oxygen atoms in total. The second-order valence-electron chi connectivity index (χ2n) is 14.2. The minimum absolute atomic E-state index is 0.0941. The first-order valence-corrected chi connectivity index (χ1v) is 15.6. The average molecular weight is 557 g/mol. The van der Waals surface area contributed by atoms with Crippen LogP contribution in [0, 0.1) is 0 Å². The smallest absolute Gasteiger partial charge is 0.0288 e. The van der Waals surface area contributed by atoms with E-state index in [2.05, 4.69) is 169 Å². The molecule has 0 spiro atoms. The average Bonchev–Trinajstić information content (AvgIpc) is 3.58. The molecule has 0 N–H and O–H groups in total. The van der Waals surface area contributed by atoms with Crippen molar-refractivity contribution in [1.82, 2.24) is 0 Å². The third kappa shape index (κ3) is 4.70. The van der Waals surface area contributed by atoms with E-state index in [1.807, 2.05) is 0 Å². The molecule has 0 fully saturated rings. The lowest BCUT2D eigenvalue weighted by Crippen LogP contribution is -2.33. The zero-order valence-electron chi connectivity index (χ0n) is 26.2. The lowest BCUT2D eigenvalue weighted by Gasteiger charge is -2.29. The number of hydrogen-bond donors (Lipinski definition) is 0. The van der Waals surface area contributed by atoms with Gasteiger partial charge in [-0.3, -0.25) is 0 Å². The monoisotopic (exact) mass is 556 g/mol. The Balaban J connectivity index is 1.69. The van der Waals surface area contributed by atoms with Crippen LogP contribution < -0.4 is 10.4 Å². The van der Waals surface area contributed by atoms with E-state index in [9.17, 15) is 0 Å². The Kier molecular flexibility index (Phi) is 6.44. The number of rotatable bonds is 3. The van der Waals surface area contributed by atoms with Gasteiger partial charge in [0, 0.05) is 5.92 Å². The van der Waals surface area contributed by atoms with E-state index in [-0.39, 0.29) is 16.7 Å². The highest BCUT2D eigenvalue weighted by Crippen LogP contribution is 2.41. The third-order valence-corrected chi connectivity index (χ3v) is 9.17. The Morgan fingerprint density at radius 1 is 0.581 bits per heavy atom. The van der Waals surface area contributed by atoms with Gasteiger partial charge < -0.3 is 0 Å². The summed E-state index contributed by atoms with van der Waals surface area (Å²) in [6, 6.07) is 40.5. The Bertz CT molecular complexity index is 1970. The highest BCUT2D eigenvalue weighted by Gasteiger charge is 2.32. The van der Waals surface area contributed by atoms with Gasteiger partial charge in [0.25, 0.3) is 0 Å². The Hall–Kier alpha value is -4.42. The van der Waals surface area contributed by atoms with Crippen LogP contribution in [0.4, 0.5) is 0 Å². The van der Waals surface area contributed by atoms with E-state index in [0.717, 1.165) is 0 Å². The fraction of sp³-hybridized carbons (Fsp3) is 0.209. The number of fused-ring (bicyclic) bond motifs is 4. The van der Waals surface area contributed by atoms with Gasteiger partial charge in [0.15, 0.2) is 0 Å². The summed E-state index contributed by atoms with van der Waals surface area (Å²) in [5.41, 5.74) is 14.8. The van der Waals surface area contributed by atoms with Crippen LogP contribution in [-0.4, -0.2) is 0 Å². The molecule has 0 amide bonds. The summed E-state index contributed by atoms with van der Waals surface area (Å²) in [6.07, 6.45) is 7.24. The molecule has 5 aromatic carbocycles. The van der Waals surface area contributed by atoms with Gasteiger partial charge in [-0.05, 0) is 94.6 Å². The Morgan fingerprint density at radius 3 is 1.84 bits per heavy atom. The zero-order chi connectivity index (χ0) is 29.9. The lowest BCUT2D eigenvalue weighted by atomic mass is 9.74. The molecule has 43 heavy (non-hydrogen) atoms. The maximum Gasteiger partial charge on any atom is 0.0288 e. The van der Waals surface area contributed by atoms with Crippen LogP contribution >= 0.6 is 0 Å². The van der Waals surface area contributed by atoms with Crippen LogP contribution in [0.3, 0.4) is 0 Å². The van der Waals surface area contributed by atoms with E-state index in [1.165, 1.54) is 71.6 Å². The molecule has 0 saturated heterocycles. The molecule has 0 bridgehead atoms. The van der Waals surface area contributed by atoms with E-state index >= 15 is 0 Å². The molecule has 0 saturated carbocycles. The van der Waals surface area contributed by atoms with Gasteiger partial charge in [0.2, 0.25) is 0 Å². The van der Waals surface area contributed by atoms with Gasteiger partial charge >= 0.3 is 0 Å². The molecule has 1 unspecified atom stereocenters. The number of hydrogen-bond acceptors (Lipinski definition) is 0. The fourth-order valence-electron chi connectivity index (χ4n) is 7.16. The van der Waals surface area contributed by atoms with Gasteiger partial charge in [-0.15, -0.1) is 0 Å². The van der Waals surface area contributed by atoms with Crippen molar-refractivity contribution in [1.29, 1.82) is 0 Å². The molecule has 0 radical (unpaired) electrons. The molecule has 5 aromatic rings. The van der Waals surface area contributed by atoms with E-state index in [0.29, 0.717) is 0 Å². The highest BCUT2D eigenvalue weighted by atomic mass is 14.4. The molecule has 2 aliphatic rings. The molecule has 7 rings (SSSR count). The van der Waals surface area contributed by atoms with Gasteiger partial charge in [-0.1, -0.05) is 157 Å². The second-order valence-corrected chi connectivity index (χ2v) is 14.2. The van der Waals surface area contributed by atoms with Crippen LogP contribution in [0.2, 0.25) is 0 Å². The zero-order valence-corrected chi connectivity index (χ0v) is 26.2. The standard InChI is InChI=1S/C43H40/c1-42(2,3)32-22-24-34-31(25-32)26-37-36(34)27-38(39(29-16-9-7-10-17-29)30-18-11-8-12-19-30)41(43(4,5)6)40(37)35-23-21-28-15-13-14-20-33(28)35/h7-27,35H,1-6H3. The summed E-state index contributed by atoms with van der Waals surface area (Å²) in [4.78, 5) is 0. The molecular formula is C43H40. The molecule has 2 aliphatic carbocycles. The molecule has 0 heteroatoms. The molecule has 0 heterocycles. The molecule has 212 valence electrons. The molecule has 0 aliphatic heterocycles. The van der Waals surface area contributed by atoms with Crippen molar-refractivity contribution in [3.05, 3.63) is 170 Å². The van der Waals surface area contributed by atoms with E-state index in [4.69, 9.17) is 0 Å². The van der Waals surface area contributed by atoms with Crippen LogP contribution in [0.15, 0.2) is 115 Å². The van der Waals surface area contributed by atoms with Crippen molar-refractivity contribution < 1.29 is 0 Å². The van der Waals surface area contributed by atoms with Crippen molar-refractivity contribution in [2.75, 3.05) is 0 Å². The van der Waals surface area contributed by atoms with Crippen molar-refractivity contribution in [3.8, 4) is 11.1 Å². The van der Waals surface area contributed by atoms with Gasteiger partial charge in [0.1, 0.15) is 0 Å². The summed E-state index contributed by atoms with van der Waals surface area (Å²) in [5, 5.41) is 2.71.